The van der Waals surface area contributed by atoms with Gasteiger partial charge in [-0.3, -0.25) is 9.69 Å². The molecule has 0 radical (unpaired) electrons. The highest BCUT2D eigenvalue weighted by molar-refractivity contribution is 5.76. The second kappa shape index (κ2) is 7.69. The molecule has 24 heavy (non-hydrogen) atoms. The van der Waals surface area contributed by atoms with Crippen molar-refractivity contribution < 1.29 is 4.79 Å². The molecule has 1 saturated heterocycles. The van der Waals surface area contributed by atoms with Gasteiger partial charge in [-0.15, -0.1) is 0 Å². The molecular formula is C21H32N2O. The third-order valence-electron chi connectivity index (χ3n) is 5.67. The Morgan fingerprint density at radius 2 is 2.00 bits per heavy atom. The van der Waals surface area contributed by atoms with Crippen LogP contribution in [0.4, 0.5) is 0 Å². The third-order valence-corrected chi connectivity index (χ3v) is 5.67. The first-order valence-corrected chi connectivity index (χ1v) is 9.67. The van der Waals surface area contributed by atoms with E-state index in [-0.39, 0.29) is 6.17 Å². The first kappa shape index (κ1) is 17.5. The summed E-state index contributed by atoms with van der Waals surface area (Å²) in [6, 6.07) is 9.33. The highest BCUT2D eigenvalue weighted by Crippen LogP contribution is 2.36. The summed E-state index contributed by atoms with van der Waals surface area (Å²) in [6.45, 7) is 5.20. The molecule has 3 heteroatoms. The molecule has 1 heterocycles. The van der Waals surface area contributed by atoms with Gasteiger partial charge in [0.25, 0.3) is 0 Å². The van der Waals surface area contributed by atoms with E-state index in [4.69, 9.17) is 0 Å². The van der Waals surface area contributed by atoms with Crippen LogP contribution in [0.25, 0.3) is 0 Å². The molecule has 1 aliphatic carbocycles. The molecule has 1 aliphatic heterocycles. The third kappa shape index (κ3) is 3.66. The number of hydrogen-bond donors (Lipinski definition) is 0. The zero-order valence-electron chi connectivity index (χ0n) is 15.5. The van der Waals surface area contributed by atoms with Gasteiger partial charge >= 0.3 is 0 Å². The van der Waals surface area contributed by atoms with Gasteiger partial charge in [0.2, 0.25) is 5.91 Å². The fourth-order valence-electron chi connectivity index (χ4n) is 4.45. The lowest BCUT2D eigenvalue weighted by Gasteiger charge is -2.45. The summed E-state index contributed by atoms with van der Waals surface area (Å²) < 4.78 is 0. The van der Waals surface area contributed by atoms with Crippen LogP contribution in [0, 0.1) is 5.92 Å². The van der Waals surface area contributed by atoms with Crippen LogP contribution in [0.2, 0.25) is 0 Å². The van der Waals surface area contributed by atoms with Crippen molar-refractivity contribution in [1.29, 1.82) is 0 Å². The topological polar surface area (TPSA) is 23.6 Å². The van der Waals surface area contributed by atoms with Crippen molar-refractivity contribution in [2.24, 2.45) is 5.92 Å². The van der Waals surface area contributed by atoms with Gasteiger partial charge in [-0.2, -0.15) is 0 Å². The van der Waals surface area contributed by atoms with E-state index in [1.165, 1.54) is 36.8 Å². The van der Waals surface area contributed by atoms with Crippen LogP contribution in [-0.2, 0) is 11.2 Å². The zero-order chi connectivity index (χ0) is 17.1. The number of piperidine rings is 1. The molecule has 0 aromatic heterocycles. The summed E-state index contributed by atoms with van der Waals surface area (Å²) in [5, 5.41) is 0. The molecular weight excluding hydrogens is 296 g/mol. The predicted molar refractivity (Wildman–Crippen MR) is 98.7 cm³/mol. The van der Waals surface area contributed by atoms with Crippen LogP contribution in [0.5, 0.6) is 0 Å². The quantitative estimate of drug-likeness (QED) is 0.819. The van der Waals surface area contributed by atoms with E-state index >= 15 is 0 Å². The number of carbonyl (C=O) groups is 1. The van der Waals surface area contributed by atoms with E-state index in [1.54, 1.807) is 0 Å². The molecule has 1 amide bonds. The van der Waals surface area contributed by atoms with Crippen molar-refractivity contribution in [3.8, 4) is 0 Å². The average Bonchev–Trinajstić information content (AvgIpc) is 2.60. The SMILES string of the molecule is CC(C)CC(=O)N1CCCC[C@H]1N(C)C1CCCc2ccccc21. The summed E-state index contributed by atoms with van der Waals surface area (Å²) >= 11 is 0. The number of benzene rings is 1. The first-order chi connectivity index (χ1) is 11.6. The molecule has 1 aromatic carbocycles. The Morgan fingerprint density at radius 3 is 2.79 bits per heavy atom. The zero-order valence-corrected chi connectivity index (χ0v) is 15.5. The number of likely N-dealkylation sites (tertiary alicyclic amines) is 1. The minimum Gasteiger partial charge on any atom is -0.327 e. The molecule has 132 valence electrons. The maximum Gasteiger partial charge on any atom is 0.224 e. The number of hydrogen-bond acceptors (Lipinski definition) is 2. The van der Waals surface area contributed by atoms with Gasteiger partial charge in [0.05, 0.1) is 6.17 Å². The van der Waals surface area contributed by atoms with Crippen molar-refractivity contribution in [2.75, 3.05) is 13.6 Å². The fraction of sp³-hybridized carbons (Fsp3) is 0.667. The normalized spacial score (nSPS) is 24.3. The largest absolute Gasteiger partial charge is 0.327 e. The summed E-state index contributed by atoms with van der Waals surface area (Å²) in [7, 11) is 2.23. The smallest absolute Gasteiger partial charge is 0.224 e. The minimum atomic E-state index is 0.265. The van der Waals surface area contributed by atoms with Crippen LogP contribution in [0.15, 0.2) is 24.3 Å². The molecule has 2 atom stereocenters. The van der Waals surface area contributed by atoms with Crippen molar-refractivity contribution >= 4 is 5.91 Å². The van der Waals surface area contributed by atoms with Crippen LogP contribution in [0.1, 0.15) is 69.5 Å². The van der Waals surface area contributed by atoms with Crippen molar-refractivity contribution in [3.05, 3.63) is 35.4 Å². The van der Waals surface area contributed by atoms with Crippen LogP contribution in [0.3, 0.4) is 0 Å². The Hall–Kier alpha value is -1.35. The molecule has 2 aliphatic rings. The number of carbonyl (C=O) groups excluding carboxylic acids is 1. The van der Waals surface area contributed by atoms with Crippen molar-refractivity contribution in [2.45, 2.75) is 71.0 Å². The number of fused-ring (bicyclic) bond motifs is 1. The van der Waals surface area contributed by atoms with E-state index in [9.17, 15) is 4.79 Å². The Labute approximate surface area is 147 Å². The summed E-state index contributed by atoms with van der Waals surface area (Å²) in [5.74, 6) is 0.770. The Bertz CT molecular complexity index is 569. The van der Waals surface area contributed by atoms with Gasteiger partial charge in [-0.25, -0.2) is 0 Å². The highest BCUT2D eigenvalue weighted by atomic mass is 16.2. The number of nitrogens with zero attached hydrogens (tertiary/aromatic N) is 2. The standard InChI is InChI=1S/C21H32N2O/c1-16(2)15-21(24)23-14-7-6-13-20(23)22(3)19-12-8-10-17-9-4-5-11-18(17)19/h4-5,9,11,16,19-20H,6-8,10,12-15H2,1-3H3/t19?,20-/m0/s1. The molecule has 1 unspecified atom stereocenters. The van der Waals surface area contributed by atoms with E-state index in [0.29, 0.717) is 24.3 Å². The number of amides is 1. The van der Waals surface area contributed by atoms with Crippen LogP contribution < -0.4 is 0 Å². The fourth-order valence-corrected chi connectivity index (χ4v) is 4.45. The summed E-state index contributed by atoms with van der Waals surface area (Å²) in [4.78, 5) is 17.4. The first-order valence-electron chi connectivity index (χ1n) is 9.67. The molecule has 0 spiro atoms. The molecule has 0 N–H and O–H groups in total. The number of aryl methyl sites for hydroxylation is 1. The minimum absolute atomic E-state index is 0.265. The Morgan fingerprint density at radius 1 is 1.21 bits per heavy atom. The maximum atomic E-state index is 12.8. The Balaban J connectivity index is 1.80. The number of rotatable bonds is 4. The van der Waals surface area contributed by atoms with E-state index in [2.05, 4.69) is 55.0 Å². The molecule has 1 aromatic rings. The average molecular weight is 328 g/mol. The lowest BCUT2D eigenvalue weighted by Crippen LogP contribution is -2.53. The van der Waals surface area contributed by atoms with Gasteiger partial charge in [-0.1, -0.05) is 38.1 Å². The van der Waals surface area contributed by atoms with Crippen molar-refractivity contribution in [1.82, 2.24) is 9.80 Å². The van der Waals surface area contributed by atoms with Gasteiger partial charge in [0.15, 0.2) is 0 Å². The highest BCUT2D eigenvalue weighted by Gasteiger charge is 2.34. The maximum absolute atomic E-state index is 12.8. The molecule has 0 bridgehead atoms. The second-order valence-electron chi connectivity index (χ2n) is 7.93. The lowest BCUT2D eigenvalue weighted by atomic mass is 9.86. The lowest BCUT2D eigenvalue weighted by molar-refractivity contribution is -0.141. The van der Waals surface area contributed by atoms with Gasteiger partial charge in [0.1, 0.15) is 0 Å². The van der Waals surface area contributed by atoms with E-state index < -0.39 is 0 Å². The van der Waals surface area contributed by atoms with Crippen LogP contribution in [-0.4, -0.2) is 35.5 Å². The van der Waals surface area contributed by atoms with E-state index in [1.807, 2.05) is 0 Å². The molecule has 3 nitrogen and oxygen atoms in total. The molecule has 0 saturated carbocycles. The van der Waals surface area contributed by atoms with Gasteiger partial charge in [-0.05, 0) is 62.6 Å². The molecule has 1 fully saturated rings. The van der Waals surface area contributed by atoms with Gasteiger partial charge < -0.3 is 4.90 Å². The predicted octanol–water partition coefficient (Wildman–Crippen LogP) is 4.38. The van der Waals surface area contributed by atoms with Gasteiger partial charge in [0, 0.05) is 19.0 Å². The van der Waals surface area contributed by atoms with Crippen LogP contribution >= 0.6 is 0 Å². The summed E-state index contributed by atoms with van der Waals surface area (Å²) in [6.07, 6.45) is 8.08. The van der Waals surface area contributed by atoms with Crippen molar-refractivity contribution in [3.63, 3.8) is 0 Å². The molecule has 3 rings (SSSR count). The Kier molecular flexibility index (Phi) is 5.60. The van der Waals surface area contributed by atoms with E-state index in [0.717, 1.165) is 19.4 Å². The summed E-state index contributed by atoms with van der Waals surface area (Å²) in [5.41, 5.74) is 2.98. The second-order valence-corrected chi connectivity index (χ2v) is 7.93. The monoisotopic (exact) mass is 328 g/mol.